The number of halogens is 2. The Labute approximate surface area is 84.9 Å². The quantitative estimate of drug-likeness (QED) is 0.550. The van der Waals surface area contributed by atoms with Gasteiger partial charge in [-0.15, -0.1) is 0 Å². The third kappa shape index (κ3) is 2.93. The van der Waals surface area contributed by atoms with Crippen molar-refractivity contribution in [2.75, 3.05) is 0 Å². The van der Waals surface area contributed by atoms with Crippen LogP contribution in [0.2, 0.25) is 0 Å². The molecule has 0 atom stereocenters. The Bertz CT molecular complexity index is 374. The highest BCUT2D eigenvalue weighted by Gasteiger charge is 2.20. The number of alkyl halides is 2. The van der Waals surface area contributed by atoms with Gasteiger partial charge in [-0.25, -0.2) is 8.78 Å². The maximum Gasteiger partial charge on any atom is 0.296 e. The molecule has 0 aliphatic heterocycles. The van der Waals surface area contributed by atoms with Crippen LogP contribution >= 0.6 is 0 Å². The molecule has 6 heteroatoms. The highest BCUT2D eigenvalue weighted by molar-refractivity contribution is 6.08. The standard InChI is InChI=1S/C9H10F2N2O2/c1-2-13-5-6(4-12-13)7(14)3-8(15)9(10)11/h4-5,9H,2-3H2,1H3. The lowest BCUT2D eigenvalue weighted by Gasteiger charge is -1.96. The van der Waals surface area contributed by atoms with Gasteiger partial charge in [0.25, 0.3) is 6.43 Å². The third-order valence-corrected chi connectivity index (χ3v) is 1.86. The second-order valence-electron chi connectivity index (χ2n) is 2.95. The number of ketones is 2. The first kappa shape index (κ1) is 11.5. The van der Waals surface area contributed by atoms with Crippen LogP contribution in [0.5, 0.6) is 0 Å². The predicted octanol–water partition coefficient (Wildman–Crippen LogP) is 1.31. The summed E-state index contributed by atoms with van der Waals surface area (Å²) in [6.07, 6.45) is -1.16. The zero-order chi connectivity index (χ0) is 11.4. The molecule has 0 N–H and O–H groups in total. The minimum absolute atomic E-state index is 0.186. The van der Waals surface area contributed by atoms with E-state index in [1.54, 1.807) is 0 Å². The molecule has 0 saturated heterocycles. The second kappa shape index (κ2) is 4.77. The van der Waals surface area contributed by atoms with Crippen molar-refractivity contribution in [1.29, 1.82) is 0 Å². The molecule has 0 aliphatic rings. The highest BCUT2D eigenvalue weighted by atomic mass is 19.3. The molecule has 1 aromatic heterocycles. The number of carbonyl (C=O) groups is 2. The SMILES string of the molecule is CCn1cc(C(=O)CC(=O)C(F)F)cn1. The van der Waals surface area contributed by atoms with Crippen LogP contribution in [0.3, 0.4) is 0 Å². The van der Waals surface area contributed by atoms with E-state index in [2.05, 4.69) is 5.10 Å². The Morgan fingerprint density at radius 3 is 2.67 bits per heavy atom. The number of hydrogen-bond donors (Lipinski definition) is 0. The van der Waals surface area contributed by atoms with Gasteiger partial charge in [-0.05, 0) is 6.92 Å². The van der Waals surface area contributed by atoms with Gasteiger partial charge in [0.15, 0.2) is 5.78 Å². The molecule has 0 aromatic carbocycles. The number of nitrogens with zero attached hydrogens (tertiary/aromatic N) is 2. The fourth-order valence-electron chi connectivity index (χ4n) is 1.02. The summed E-state index contributed by atoms with van der Waals surface area (Å²) in [4.78, 5) is 21.9. The summed E-state index contributed by atoms with van der Waals surface area (Å²) in [5.74, 6) is -1.98. The van der Waals surface area contributed by atoms with E-state index in [1.165, 1.54) is 17.1 Å². The Kier molecular flexibility index (Phi) is 3.65. The molecular formula is C9H10F2N2O2. The van der Waals surface area contributed by atoms with Gasteiger partial charge in [0.1, 0.15) is 0 Å². The van der Waals surface area contributed by atoms with Gasteiger partial charge in [0.05, 0.1) is 18.2 Å². The summed E-state index contributed by atoms with van der Waals surface area (Å²) in [5, 5.41) is 3.80. The zero-order valence-corrected chi connectivity index (χ0v) is 8.11. The van der Waals surface area contributed by atoms with E-state index in [0.29, 0.717) is 6.54 Å². The molecule has 0 amide bonds. The van der Waals surface area contributed by atoms with Crippen LogP contribution in [0.1, 0.15) is 23.7 Å². The summed E-state index contributed by atoms with van der Waals surface area (Å²) in [6, 6.07) is 0. The van der Waals surface area contributed by atoms with E-state index in [-0.39, 0.29) is 5.56 Å². The van der Waals surface area contributed by atoms with Gasteiger partial charge in [-0.2, -0.15) is 5.10 Å². The molecule has 82 valence electrons. The number of Topliss-reactive ketones (excluding diaryl/α,β-unsaturated/α-hetero) is 2. The van der Waals surface area contributed by atoms with Crippen molar-refractivity contribution >= 4 is 11.6 Å². The monoisotopic (exact) mass is 216 g/mol. The number of aryl methyl sites for hydroxylation is 1. The Morgan fingerprint density at radius 1 is 1.53 bits per heavy atom. The zero-order valence-electron chi connectivity index (χ0n) is 8.11. The summed E-state index contributed by atoms with van der Waals surface area (Å²) in [5.41, 5.74) is 0.186. The second-order valence-corrected chi connectivity index (χ2v) is 2.95. The van der Waals surface area contributed by atoms with Crippen molar-refractivity contribution in [3.05, 3.63) is 18.0 Å². The van der Waals surface area contributed by atoms with Crippen LogP contribution in [0.4, 0.5) is 8.78 Å². The van der Waals surface area contributed by atoms with Crippen molar-refractivity contribution in [3.63, 3.8) is 0 Å². The van der Waals surface area contributed by atoms with E-state index in [9.17, 15) is 18.4 Å². The molecule has 0 fully saturated rings. The van der Waals surface area contributed by atoms with Crippen molar-refractivity contribution < 1.29 is 18.4 Å². The Hall–Kier alpha value is -1.59. The maximum atomic E-state index is 11.9. The average Bonchev–Trinajstić information content (AvgIpc) is 2.65. The molecule has 0 radical (unpaired) electrons. The first-order valence-electron chi connectivity index (χ1n) is 4.41. The van der Waals surface area contributed by atoms with Crippen LogP contribution in [0, 0.1) is 0 Å². The lowest BCUT2D eigenvalue weighted by molar-refractivity contribution is -0.128. The molecule has 4 nitrogen and oxygen atoms in total. The van der Waals surface area contributed by atoms with E-state index in [1.807, 2.05) is 6.92 Å². The molecule has 0 unspecified atom stereocenters. The number of aromatic nitrogens is 2. The summed E-state index contributed by atoms with van der Waals surface area (Å²) in [7, 11) is 0. The average molecular weight is 216 g/mol. The van der Waals surface area contributed by atoms with Gasteiger partial charge in [-0.1, -0.05) is 0 Å². The molecular weight excluding hydrogens is 206 g/mol. The summed E-state index contributed by atoms with van der Waals surface area (Å²) in [6.45, 7) is 2.40. The fourth-order valence-corrected chi connectivity index (χ4v) is 1.02. The number of hydrogen-bond acceptors (Lipinski definition) is 3. The van der Waals surface area contributed by atoms with Crippen LogP contribution < -0.4 is 0 Å². The Balaban J connectivity index is 2.65. The molecule has 0 saturated carbocycles. The predicted molar refractivity (Wildman–Crippen MR) is 47.9 cm³/mol. The van der Waals surface area contributed by atoms with Crippen LogP contribution in [0.25, 0.3) is 0 Å². The fraction of sp³-hybridized carbons (Fsp3) is 0.444. The molecule has 1 aromatic rings. The summed E-state index contributed by atoms with van der Waals surface area (Å²) < 4.78 is 25.2. The van der Waals surface area contributed by atoms with E-state index in [4.69, 9.17) is 0 Å². The van der Waals surface area contributed by atoms with E-state index in [0.717, 1.165) is 0 Å². The minimum atomic E-state index is -3.09. The van der Waals surface area contributed by atoms with E-state index < -0.39 is 24.4 Å². The van der Waals surface area contributed by atoms with Crippen LogP contribution in [-0.2, 0) is 11.3 Å². The van der Waals surface area contributed by atoms with Gasteiger partial charge in [0, 0.05) is 12.7 Å². The number of rotatable bonds is 5. The first-order valence-corrected chi connectivity index (χ1v) is 4.41. The molecule has 1 heterocycles. The van der Waals surface area contributed by atoms with Crippen molar-refractivity contribution in [3.8, 4) is 0 Å². The van der Waals surface area contributed by atoms with Crippen molar-refractivity contribution in [2.45, 2.75) is 26.3 Å². The van der Waals surface area contributed by atoms with Crippen LogP contribution in [0.15, 0.2) is 12.4 Å². The molecule has 0 aliphatic carbocycles. The minimum Gasteiger partial charge on any atom is -0.294 e. The normalized spacial score (nSPS) is 10.7. The molecule has 0 spiro atoms. The molecule has 15 heavy (non-hydrogen) atoms. The summed E-state index contributed by atoms with van der Waals surface area (Å²) >= 11 is 0. The lowest BCUT2D eigenvalue weighted by atomic mass is 10.1. The van der Waals surface area contributed by atoms with Gasteiger partial charge in [-0.3, -0.25) is 14.3 Å². The number of carbonyl (C=O) groups excluding carboxylic acids is 2. The third-order valence-electron chi connectivity index (χ3n) is 1.86. The van der Waals surface area contributed by atoms with Gasteiger partial charge >= 0.3 is 0 Å². The molecule has 1 rings (SSSR count). The van der Waals surface area contributed by atoms with Gasteiger partial charge < -0.3 is 0 Å². The smallest absolute Gasteiger partial charge is 0.294 e. The van der Waals surface area contributed by atoms with Gasteiger partial charge in [0.2, 0.25) is 5.78 Å². The Morgan fingerprint density at radius 2 is 2.20 bits per heavy atom. The van der Waals surface area contributed by atoms with Crippen molar-refractivity contribution in [2.24, 2.45) is 0 Å². The molecule has 0 bridgehead atoms. The first-order chi connectivity index (χ1) is 7.04. The largest absolute Gasteiger partial charge is 0.296 e. The maximum absolute atomic E-state index is 11.9. The van der Waals surface area contributed by atoms with Crippen molar-refractivity contribution in [1.82, 2.24) is 9.78 Å². The van der Waals surface area contributed by atoms with Crippen LogP contribution in [-0.4, -0.2) is 27.8 Å². The highest BCUT2D eigenvalue weighted by Crippen LogP contribution is 2.06. The topological polar surface area (TPSA) is 52.0 Å². The lowest BCUT2D eigenvalue weighted by Crippen LogP contribution is -2.15. The van der Waals surface area contributed by atoms with E-state index >= 15 is 0 Å².